The van der Waals surface area contributed by atoms with Gasteiger partial charge < -0.3 is 5.32 Å². The lowest BCUT2D eigenvalue weighted by atomic mass is 10.2. The first-order valence-electron chi connectivity index (χ1n) is 5.58. The van der Waals surface area contributed by atoms with Gasteiger partial charge in [-0.05, 0) is 31.5 Å². The highest BCUT2D eigenvalue weighted by Gasteiger charge is 2.05. The van der Waals surface area contributed by atoms with Crippen molar-refractivity contribution in [3.63, 3.8) is 0 Å². The number of benzene rings is 1. The van der Waals surface area contributed by atoms with Crippen LogP contribution in [-0.2, 0) is 0 Å². The molecule has 0 saturated heterocycles. The van der Waals surface area contributed by atoms with Gasteiger partial charge in [-0.3, -0.25) is 0 Å². The fraction of sp³-hybridized carbons (Fsp3) is 0.231. The van der Waals surface area contributed by atoms with E-state index in [2.05, 4.69) is 41.1 Å². The summed E-state index contributed by atoms with van der Waals surface area (Å²) in [7, 11) is 0. The molecule has 0 atom stereocenters. The van der Waals surface area contributed by atoms with Crippen molar-refractivity contribution in [1.29, 1.82) is 0 Å². The number of aromatic nitrogens is 2. The second-order valence-electron chi connectivity index (χ2n) is 4.11. The van der Waals surface area contributed by atoms with Crippen molar-refractivity contribution in [3.05, 3.63) is 42.0 Å². The fourth-order valence-electron chi connectivity index (χ4n) is 1.35. The van der Waals surface area contributed by atoms with Crippen molar-refractivity contribution >= 4 is 33.9 Å². The Balaban J connectivity index is 2.00. The maximum absolute atomic E-state index is 4.13. The van der Waals surface area contributed by atoms with Gasteiger partial charge in [0.25, 0.3) is 0 Å². The van der Waals surface area contributed by atoms with E-state index in [1.54, 1.807) is 23.1 Å². The molecule has 18 heavy (non-hydrogen) atoms. The monoisotopic (exact) mass is 277 g/mol. The zero-order valence-electron chi connectivity index (χ0n) is 10.4. The molecule has 0 aliphatic rings. The van der Waals surface area contributed by atoms with E-state index in [0.29, 0.717) is 0 Å². The SMILES string of the molecule is C=C(C)CSc1nnc(Nc2cccc(C)c2)s1. The van der Waals surface area contributed by atoms with Crippen LogP contribution in [0.2, 0.25) is 0 Å². The number of anilines is 2. The van der Waals surface area contributed by atoms with Crippen LogP contribution in [0.4, 0.5) is 10.8 Å². The predicted octanol–water partition coefficient (Wildman–Crippen LogP) is 4.26. The van der Waals surface area contributed by atoms with Gasteiger partial charge in [0, 0.05) is 11.4 Å². The van der Waals surface area contributed by atoms with Crippen LogP contribution in [0.25, 0.3) is 0 Å². The summed E-state index contributed by atoms with van der Waals surface area (Å²) in [6.07, 6.45) is 0. The van der Waals surface area contributed by atoms with Crippen LogP contribution in [-0.4, -0.2) is 16.0 Å². The number of hydrogen-bond donors (Lipinski definition) is 1. The third-order valence-electron chi connectivity index (χ3n) is 2.12. The quantitative estimate of drug-likeness (QED) is 0.654. The number of nitrogens with one attached hydrogen (secondary N) is 1. The standard InChI is InChI=1S/C13H15N3S2/c1-9(2)8-17-13-16-15-12(18-13)14-11-6-4-5-10(3)7-11/h4-7H,1,8H2,2-3H3,(H,14,15). The van der Waals surface area contributed by atoms with Crippen LogP contribution >= 0.6 is 23.1 Å². The minimum Gasteiger partial charge on any atom is -0.330 e. The molecule has 0 spiro atoms. The van der Waals surface area contributed by atoms with E-state index in [9.17, 15) is 0 Å². The van der Waals surface area contributed by atoms with Gasteiger partial charge >= 0.3 is 0 Å². The van der Waals surface area contributed by atoms with Crippen molar-refractivity contribution in [2.24, 2.45) is 0 Å². The van der Waals surface area contributed by atoms with E-state index in [4.69, 9.17) is 0 Å². The lowest BCUT2D eigenvalue weighted by Gasteiger charge is -2.01. The summed E-state index contributed by atoms with van der Waals surface area (Å²) in [4.78, 5) is 0. The Morgan fingerprint density at radius 2 is 2.28 bits per heavy atom. The van der Waals surface area contributed by atoms with Crippen LogP contribution in [0.15, 0.2) is 40.8 Å². The normalized spacial score (nSPS) is 10.3. The van der Waals surface area contributed by atoms with Crippen LogP contribution in [0.5, 0.6) is 0 Å². The summed E-state index contributed by atoms with van der Waals surface area (Å²) in [5.41, 5.74) is 3.41. The Labute approximate surface area is 115 Å². The molecule has 3 nitrogen and oxygen atoms in total. The zero-order chi connectivity index (χ0) is 13.0. The summed E-state index contributed by atoms with van der Waals surface area (Å²) in [5.74, 6) is 0.888. The molecule has 2 aromatic rings. The topological polar surface area (TPSA) is 37.8 Å². The molecular weight excluding hydrogens is 262 g/mol. The van der Waals surface area contributed by atoms with Crippen molar-refractivity contribution in [2.75, 3.05) is 11.1 Å². The Hall–Kier alpha value is -1.33. The van der Waals surface area contributed by atoms with E-state index >= 15 is 0 Å². The smallest absolute Gasteiger partial charge is 0.210 e. The third kappa shape index (κ3) is 3.85. The van der Waals surface area contributed by atoms with Gasteiger partial charge in [-0.15, -0.1) is 10.2 Å². The number of hydrogen-bond acceptors (Lipinski definition) is 5. The van der Waals surface area contributed by atoms with Crippen LogP contribution in [0.1, 0.15) is 12.5 Å². The molecule has 0 fully saturated rings. The highest BCUT2D eigenvalue weighted by Crippen LogP contribution is 2.28. The Morgan fingerprint density at radius 1 is 1.44 bits per heavy atom. The molecule has 1 aromatic heterocycles. The van der Waals surface area contributed by atoms with E-state index in [0.717, 1.165) is 26.5 Å². The third-order valence-corrected chi connectivity index (χ3v) is 4.32. The number of thioether (sulfide) groups is 1. The van der Waals surface area contributed by atoms with Gasteiger partial charge in [-0.25, -0.2) is 0 Å². The van der Waals surface area contributed by atoms with E-state index in [1.165, 1.54) is 5.56 Å². The second-order valence-corrected chi connectivity index (χ2v) is 6.31. The van der Waals surface area contributed by atoms with Crippen LogP contribution < -0.4 is 5.32 Å². The Kier molecular flexibility index (Phi) is 4.38. The van der Waals surface area contributed by atoms with Crippen molar-refractivity contribution < 1.29 is 0 Å². The highest BCUT2D eigenvalue weighted by atomic mass is 32.2. The average molecular weight is 277 g/mol. The summed E-state index contributed by atoms with van der Waals surface area (Å²) < 4.78 is 0.966. The van der Waals surface area contributed by atoms with Gasteiger partial charge in [-0.2, -0.15) is 0 Å². The van der Waals surface area contributed by atoms with E-state index in [1.807, 2.05) is 19.1 Å². The molecular formula is C13H15N3S2. The Morgan fingerprint density at radius 3 is 3.00 bits per heavy atom. The molecule has 1 aromatic carbocycles. The van der Waals surface area contributed by atoms with Gasteiger partial charge in [0.15, 0.2) is 4.34 Å². The molecule has 2 rings (SSSR count). The molecule has 5 heteroatoms. The van der Waals surface area contributed by atoms with Crippen molar-refractivity contribution in [3.8, 4) is 0 Å². The molecule has 0 saturated carbocycles. The second kappa shape index (κ2) is 6.02. The predicted molar refractivity (Wildman–Crippen MR) is 79.9 cm³/mol. The number of aryl methyl sites for hydroxylation is 1. The van der Waals surface area contributed by atoms with Gasteiger partial charge in [-0.1, -0.05) is 47.4 Å². The molecule has 1 heterocycles. The first kappa shape index (κ1) is 13.1. The van der Waals surface area contributed by atoms with Crippen molar-refractivity contribution in [1.82, 2.24) is 10.2 Å². The minimum atomic E-state index is 0.824. The van der Waals surface area contributed by atoms with Gasteiger partial charge in [0.2, 0.25) is 5.13 Å². The molecule has 0 bridgehead atoms. The first-order valence-corrected chi connectivity index (χ1v) is 7.38. The minimum absolute atomic E-state index is 0.824. The van der Waals surface area contributed by atoms with Crippen LogP contribution in [0.3, 0.4) is 0 Å². The Bertz CT molecular complexity index is 549. The molecule has 0 aliphatic heterocycles. The summed E-state index contributed by atoms with van der Waals surface area (Å²) >= 11 is 3.23. The zero-order valence-corrected chi connectivity index (χ0v) is 12.1. The van der Waals surface area contributed by atoms with Gasteiger partial charge in [0.1, 0.15) is 0 Å². The average Bonchev–Trinajstić information content (AvgIpc) is 2.74. The number of rotatable bonds is 5. The summed E-state index contributed by atoms with van der Waals surface area (Å²) in [6.45, 7) is 7.96. The number of nitrogens with zero attached hydrogens (tertiary/aromatic N) is 2. The largest absolute Gasteiger partial charge is 0.330 e. The van der Waals surface area contributed by atoms with E-state index in [-0.39, 0.29) is 0 Å². The maximum atomic E-state index is 4.13. The van der Waals surface area contributed by atoms with Crippen LogP contribution in [0, 0.1) is 6.92 Å². The molecule has 0 radical (unpaired) electrons. The lowest BCUT2D eigenvalue weighted by Crippen LogP contribution is -1.89. The van der Waals surface area contributed by atoms with Gasteiger partial charge in [0.05, 0.1) is 0 Å². The molecule has 0 amide bonds. The van der Waals surface area contributed by atoms with E-state index < -0.39 is 0 Å². The summed E-state index contributed by atoms with van der Waals surface area (Å²) in [6, 6.07) is 8.20. The van der Waals surface area contributed by atoms with Crippen molar-refractivity contribution in [2.45, 2.75) is 18.2 Å². The first-order chi connectivity index (χ1) is 8.63. The molecule has 94 valence electrons. The molecule has 0 unspecified atom stereocenters. The molecule has 0 aliphatic carbocycles. The maximum Gasteiger partial charge on any atom is 0.210 e. The summed E-state index contributed by atoms with van der Waals surface area (Å²) in [5, 5.41) is 12.3. The lowest BCUT2D eigenvalue weighted by molar-refractivity contribution is 1.01. The fourth-order valence-corrected chi connectivity index (χ4v) is 2.97. The highest BCUT2D eigenvalue weighted by molar-refractivity contribution is 8.01. The molecule has 1 N–H and O–H groups in total.